The molecule has 0 heterocycles. The average Bonchev–Trinajstić information content (AvgIpc) is 2.42. The Balaban J connectivity index is 2.08. The molecule has 0 spiro atoms. The maximum Gasteiger partial charge on any atom is 0.228 e. The lowest BCUT2D eigenvalue weighted by Crippen LogP contribution is -2.16. The number of halogens is 1. The number of carbonyl (C=O) groups excluding carboxylic acids is 1. The zero-order valence-corrected chi connectivity index (χ0v) is 11.2. The van der Waals surface area contributed by atoms with Crippen molar-refractivity contribution >= 4 is 23.2 Å². The molecule has 2 aromatic carbocycles. The van der Waals surface area contributed by atoms with Gasteiger partial charge in [-0.05, 0) is 23.3 Å². The standard InChI is InChI=1S/C15H15ClN2O/c16-13-7-3-4-8-14(13)18-15(19)9-11-5-1-2-6-12(11)10-17/h1-8H,9-10,17H2,(H,18,19). The normalized spacial score (nSPS) is 10.2. The summed E-state index contributed by atoms with van der Waals surface area (Å²) in [6, 6.07) is 14.8. The van der Waals surface area contributed by atoms with Crippen molar-refractivity contribution in [2.75, 3.05) is 5.32 Å². The summed E-state index contributed by atoms with van der Waals surface area (Å²) in [4.78, 5) is 12.0. The minimum Gasteiger partial charge on any atom is -0.326 e. The molecule has 0 fully saturated rings. The maximum absolute atomic E-state index is 12.0. The Labute approximate surface area is 117 Å². The number of amides is 1. The number of hydrogen-bond acceptors (Lipinski definition) is 2. The average molecular weight is 275 g/mol. The minimum absolute atomic E-state index is 0.103. The highest BCUT2D eigenvalue weighted by molar-refractivity contribution is 6.33. The molecule has 19 heavy (non-hydrogen) atoms. The number of anilines is 1. The summed E-state index contributed by atoms with van der Waals surface area (Å²) in [5.74, 6) is -0.103. The van der Waals surface area contributed by atoms with Gasteiger partial charge < -0.3 is 11.1 Å². The van der Waals surface area contributed by atoms with E-state index in [9.17, 15) is 4.79 Å². The molecule has 3 nitrogen and oxygen atoms in total. The second kappa shape index (κ2) is 6.36. The first-order valence-electron chi connectivity index (χ1n) is 6.02. The molecule has 1 amide bonds. The van der Waals surface area contributed by atoms with Gasteiger partial charge in [-0.2, -0.15) is 0 Å². The Morgan fingerprint density at radius 2 is 1.68 bits per heavy atom. The van der Waals surface area contributed by atoms with Crippen molar-refractivity contribution in [3.05, 3.63) is 64.7 Å². The number of nitrogens with one attached hydrogen (secondary N) is 1. The van der Waals surface area contributed by atoms with E-state index in [1.165, 1.54) is 0 Å². The second-order valence-corrected chi connectivity index (χ2v) is 4.58. The summed E-state index contributed by atoms with van der Waals surface area (Å²) in [6.45, 7) is 0.426. The van der Waals surface area contributed by atoms with E-state index < -0.39 is 0 Å². The van der Waals surface area contributed by atoms with Gasteiger partial charge in [-0.15, -0.1) is 0 Å². The molecule has 4 heteroatoms. The zero-order chi connectivity index (χ0) is 13.7. The topological polar surface area (TPSA) is 55.1 Å². The molecular weight excluding hydrogens is 260 g/mol. The van der Waals surface area contributed by atoms with Crippen LogP contribution in [0.4, 0.5) is 5.69 Å². The van der Waals surface area contributed by atoms with Crippen LogP contribution in [0.2, 0.25) is 5.02 Å². The van der Waals surface area contributed by atoms with Crippen LogP contribution in [0.5, 0.6) is 0 Å². The number of nitrogens with two attached hydrogens (primary N) is 1. The SMILES string of the molecule is NCc1ccccc1CC(=O)Nc1ccccc1Cl. The molecule has 0 atom stereocenters. The van der Waals surface area contributed by atoms with E-state index >= 15 is 0 Å². The van der Waals surface area contributed by atoms with Crippen molar-refractivity contribution in [2.45, 2.75) is 13.0 Å². The van der Waals surface area contributed by atoms with Gasteiger partial charge in [0.25, 0.3) is 0 Å². The van der Waals surface area contributed by atoms with E-state index in [0.717, 1.165) is 11.1 Å². The van der Waals surface area contributed by atoms with E-state index in [1.54, 1.807) is 12.1 Å². The Kier molecular flexibility index (Phi) is 4.55. The molecule has 0 saturated heterocycles. The van der Waals surface area contributed by atoms with Crippen LogP contribution in [0.15, 0.2) is 48.5 Å². The van der Waals surface area contributed by atoms with Gasteiger partial charge in [0.15, 0.2) is 0 Å². The highest BCUT2D eigenvalue weighted by Gasteiger charge is 2.08. The second-order valence-electron chi connectivity index (χ2n) is 4.18. The van der Waals surface area contributed by atoms with Crippen LogP contribution in [0.1, 0.15) is 11.1 Å². The van der Waals surface area contributed by atoms with E-state index in [0.29, 0.717) is 23.7 Å². The smallest absolute Gasteiger partial charge is 0.228 e. The molecule has 2 aromatic rings. The van der Waals surface area contributed by atoms with Gasteiger partial charge in [0.05, 0.1) is 17.1 Å². The van der Waals surface area contributed by atoms with Gasteiger partial charge in [0.1, 0.15) is 0 Å². The van der Waals surface area contributed by atoms with Crippen molar-refractivity contribution in [3.63, 3.8) is 0 Å². The van der Waals surface area contributed by atoms with Crippen LogP contribution >= 0.6 is 11.6 Å². The van der Waals surface area contributed by atoms with Gasteiger partial charge in [-0.25, -0.2) is 0 Å². The Hall–Kier alpha value is -1.84. The molecule has 0 saturated carbocycles. The molecule has 2 rings (SSSR count). The zero-order valence-electron chi connectivity index (χ0n) is 10.4. The fourth-order valence-corrected chi connectivity index (χ4v) is 2.04. The first-order chi connectivity index (χ1) is 9.20. The summed E-state index contributed by atoms with van der Waals surface area (Å²) in [7, 11) is 0. The Bertz CT molecular complexity index is 584. The summed E-state index contributed by atoms with van der Waals surface area (Å²) in [6.07, 6.45) is 0.290. The minimum atomic E-state index is -0.103. The lowest BCUT2D eigenvalue weighted by molar-refractivity contribution is -0.115. The summed E-state index contributed by atoms with van der Waals surface area (Å²) < 4.78 is 0. The molecule has 0 aliphatic heterocycles. The van der Waals surface area contributed by atoms with Crippen LogP contribution < -0.4 is 11.1 Å². The predicted molar refractivity (Wildman–Crippen MR) is 78.1 cm³/mol. The van der Waals surface area contributed by atoms with Crippen molar-refractivity contribution < 1.29 is 4.79 Å². The molecular formula is C15H15ClN2O. The van der Waals surface area contributed by atoms with Crippen LogP contribution in [-0.2, 0) is 17.8 Å². The summed E-state index contributed by atoms with van der Waals surface area (Å²) in [5.41, 5.74) is 8.20. The lowest BCUT2D eigenvalue weighted by atomic mass is 10.0. The number of rotatable bonds is 4. The molecule has 0 aliphatic rings. The van der Waals surface area contributed by atoms with Gasteiger partial charge in [-0.1, -0.05) is 48.0 Å². The predicted octanol–water partition coefficient (Wildman–Crippen LogP) is 2.98. The molecule has 0 aromatic heterocycles. The highest BCUT2D eigenvalue weighted by atomic mass is 35.5. The lowest BCUT2D eigenvalue weighted by Gasteiger charge is -2.09. The molecule has 0 unspecified atom stereocenters. The van der Waals surface area contributed by atoms with Gasteiger partial charge in [0.2, 0.25) is 5.91 Å². The number of para-hydroxylation sites is 1. The fraction of sp³-hybridized carbons (Fsp3) is 0.133. The third-order valence-corrected chi connectivity index (χ3v) is 3.17. The van der Waals surface area contributed by atoms with Crippen LogP contribution in [0, 0.1) is 0 Å². The van der Waals surface area contributed by atoms with Crippen molar-refractivity contribution in [2.24, 2.45) is 5.73 Å². The first-order valence-corrected chi connectivity index (χ1v) is 6.39. The summed E-state index contributed by atoms with van der Waals surface area (Å²) >= 11 is 6.00. The molecule has 0 aliphatic carbocycles. The highest BCUT2D eigenvalue weighted by Crippen LogP contribution is 2.20. The summed E-state index contributed by atoms with van der Waals surface area (Å²) in [5, 5.41) is 3.33. The quantitative estimate of drug-likeness (QED) is 0.901. The van der Waals surface area contributed by atoms with Crippen molar-refractivity contribution in [1.82, 2.24) is 0 Å². The van der Waals surface area contributed by atoms with E-state index in [-0.39, 0.29) is 5.91 Å². The monoisotopic (exact) mass is 274 g/mol. The number of carbonyl (C=O) groups is 1. The fourth-order valence-electron chi connectivity index (χ4n) is 1.86. The molecule has 98 valence electrons. The van der Waals surface area contributed by atoms with Gasteiger partial charge >= 0.3 is 0 Å². The van der Waals surface area contributed by atoms with Gasteiger partial charge in [0, 0.05) is 6.54 Å². The molecule has 3 N–H and O–H groups in total. The largest absolute Gasteiger partial charge is 0.326 e. The third kappa shape index (κ3) is 3.56. The van der Waals surface area contributed by atoms with Crippen LogP contribution in [0.25, 0.3) is 0 Å². The molecule has 0 radical (unpaired) electrons. The number of benzene rings is 2. The van der Waals surface area contributed by atoms with E-state index in [2.05, 4.69) is 5.32 Å². The Morgan fingerprint density at radius 1 is 1.05 bits per heavy atom. The molecule has 0 bridgehead atoms. The van der Waals surface area contributed by atoms with Crippen molar-refractivity contribution in [3.8, 4) is 0 Å². The number of hydrogen-bond donors (Lipinski definition) is 2. The van der Waals surface area contributed by atoms with Crippen LogP contribution in [0.3, 0.4) is 0 Å². The first kappa shape index (κ1) is 13.6. The van der Waals surface area contributed by atoms with Crippen molar-refractivity contribution in [1.29, 1.82) is 0 Å². The maximum atomic E-state index is 12.0. The van der Waals surface area contributed by atoms with E-state index in [4.69, 9.17) is 17.3 Å². The van der Waals surface area contributed by atoms with Crippen LogP contribution in [-0.4, -0.2) is 5.91 Å². The Morgan fingerprint density at radius 3 is 2.37 bits per heavy atom. The van der Waals surface area contributed by atoms with E-state index in [1.807, 2.05) is 36.4 Å². The third-order valence-electron chi connectivity index (χ3n) is 2.84. The van der Waals surface area contributed by atoms with Gasteiger partial charge in [-0.3, -0.25) is 4.79 Å².